The van der Waals surface area contributed by atoms with E-state index in [1.165, 1.54) is 11.3 Å². The smallest absolute Gasteiger partial charge is 0.263 e. The minimum atomic E-state index is -0.585. The van der Waals surface area contributed by atoms with Crippen molar-refractivity contribution in [3.8, 4) is 0 Å². The molecule has 0 fully saturated rings. The number of carbonyl (C=O) groups excluding carboxylic acids is 2. The largest absolute Gasteiger partial charge is 0.397 e. The first-order valence-corrected chi connectivity index (χ1v) is 5.74. The Kier molecular flexibility index (Phi) is 2.97. The van der Waals surface area contributed by atoms with Gasteiger partial charge < -0.3 is 16.8 Å². The van der Waals surface area contributed by atoms with Crippen LogP contribution in [0.4, 0.5) is 5.69 Å². The SMILES string of the molecule is NC(=O)CNC(=O)c1sc2ccccc2c1N. The van der Waals surface area contributed by atoms with Gasteiger partial charge in [-0.05, 0) is 6.07 Å². The minimum Gasteiger partial charge on any atom is -0.397 e. The maximum absolute atomic E-state index is 11.8. The van der Waals surface area contributed by atoms with E-state index >= 15 is 0 Å². The molecule has 1 aromatic heterocycles. The molecule has 88 valence electrons. The Morgan fingerprint density at radius 2 is 2.00 bits per heavy atom. The van der Waals surface area contributed by atoms with Gasteiger partial charge in [0.05, 0.1) is 12.2 Å². The zero-order chi connectivity index (χ0) is 12.4. The van der Waals surface area contributed by atoms with Crippen molar-refractivity contribution >= 4 is 38.9 Å². The van der Waals surface area contributed by atoms with Gasteiger partial charge in [-0.25, -0.2) is 0 Å². The average Bonchev–Trinajstić information content (AvgIpc) is 2.64. The second kappa shape index (κ2) is 4.42. The summed E-state index contributed by atoms with van der Waals surface area (Å²) in [7, 11) is 0. The number of nitrogens with two attached hydrogens (primary N) is 2. The summed E-state index contributed by atoms with van der Waals surface area (Å²) < 4.78 is 0.939. The molecule has 0 saturated heterocycles. The van der Waals surface area contributed by atoms with E-state index in [4.69, 9.17) is 11.5 Å². The molecular weight excluding hydrogens is 238 g/mol. The van der Waals surface area contributed by atoms with Gasteiger partial charge in [0, 0.05) is 10.1 Å². The number of nitrogens with one attached hydrogen (secondary N) is 1. The van der Waals surface area contributed by atoms with E-state index < -0.39 is 5.91 Å². The first-order chi connectivity index (χ1) is 8.09. The van der Waals surface area contributed by atoms with Crippen LogP contribution in [0.1, 0.15) is 9.67 Å². The van der Waals surface area contributed by atoms with Gasteiger partial charge in [0.2, 0.25) is 5.91 Å². The number of anilines is 1. The number of hydrogen-bond donors (Lipinski definition) is 3. The number of fused-ring (bicyclic) bond motifs is 1. The molecular formula is C11H11N3O2S. The van der Waals surface area contributed by atoms with Crippen molar-refractivity contribution < 1.29 is 9.59 Å². The fourth-order valence-electron chi connectivity index (χ4n) is 1.48. The number of carbonyl (C=O) groups is 2. The van der Waals surface area contributed by atoms with Gasteiger partial charge in [-0.3, -0.25) is 9.59 Å². The molecule has 2 aromatic rings. The molecule has 0 radical (unpaired) electrons. The molecule has 0 saturated carbocycles. The first-order valence-electron chi connectivity index (χ1n) is 4.93. The second-order valence-corrected chi connectivity index (χ2v) is 4.54. The predicted octanol–water partition coefficient (Wildman–Crippen LogP) is 0.699. The third-order valence-corrected chi connectivity index (χ3v) is 3.45. The molecule has 0 aliphatic rings. The number of nitrogen functional groups attached to an aromatic ring is 1. The van der Waals surface area contributed by atoms with Gasteiger partial charge in [-0.1, -0.05) is 18.2 Å². The van der Waals surface area contributed by atoms with E-state index in [0.29, 0.717) is 10.6 Å². The lowest BCUT2D eigenvalue weighted by Crippen LogP contribution is -2.33. The monoisotopic (exact) mass is 249 g/mol. The van der Waals surface area contributed by atoms with Crippen LogP contribution in [0, 0.1) is 0 Å². The Morgan fingerprint density at radius 3 is 2.65 bits per heavy atom. The molecule has 0 spiro atoms. The lowest BCUT2D eigenvalue weighted by molar-refractivity contribution is -0.117. The molecule has 0 bridgehead atoms. The van der Waals surface area contributed by atoms with Gasteiger partial charge in [0.15, 0.2) is 0 Å². The summed E-state index contributed by atoms with van der Waals surface area (Å²) in [6.07, 6.45) is 0. The standard InChI is InChI=1S/C11H11N3O2S/c12-8(15)5-14-11(16)10-9(13)6-3-1-2-4-7(6)17-10/h1-4H,5,13H2,(H2,12,15)(H,14,16). The van der Waals surface area contributed by atoms with Crippen molar-refractivity contribution in [2.45, 2.75) is 0 Å². The molecule has 17 heavy (non-hydrogen) atoms. The zero-order valence-electron chi connectivity index (χ0n) is 8.90. The highest BCUT2D eigenvalue weighted by Gasteiger charge is 2.15. The summed E-state index contributed by atoms with van der Waals surface area (Å²) >= 11 is 1.29. The lowest BCUT2D eigenvalue weighted by Gasteiger charge is -2.00. The van der Waals surface area contributed by atoms with Crippen LogP contribution >= 0.6 is 11.3 Å². The Balaban J connectivity index is 2.32. The van der Waals surface area contributed by atoms with Crippen LogP contribution < -0.4 is 16.8 Å². The Labute approximate surface area is 101 Å². The van der Waals surface area contributed by atoms with Crippen LogP contribution in [-0.2, 0) is 4.79 Å². The molecule has 1 heterocycles. The molecule has 2 amide bonds. The van der Waals surface area contributed by atoms with Crippen LogP contribution in [0.2, 0.25) is 0 Å². The van der Waals surface area contributed by atoms with Crippen molar-refractivity contribution in [1.82, 2.24) is 5.32 Å². The van der Waals surface area contributed by atoms with Gasteiger partial charge in [0.1, 0.15) is 4.88 Å². The van der Waals surface area contributed by atoms with Crippen molar-refractivity contribution in [3.63, 3.8) is 0 Å². The maximum atomic E-state index is 11.8. The summed E-state index contributed by atoms with van der Waals surface area (Å²) in [6, 6.07) is 7.48. The first kappa shape index (κ1) is 11.4. The van der Waals surface area contributed by atoms with Crippen LogP contribution in [0.25, 0.3) is 10.1 Å². The normalized spacial score (nSPS) is 10.4. The van der Waals surface area contributed by atoms with E-state index in [9.17, 15) is 9.59 Å². The van der Waals surface area contributed by atoms with E-state index in [-0.39, 0.29) is 12.5 Å². The number of hydrogen-bond acceptors (Lipinski definition) is 4. The van der Waals surface area contributed by atoms with Crippen molar-refractivity contribution in [3.05, 3.63) is 29.1 Å². The molecule has 5 nitrogen and oxygen atoms in total. The average molecular weight is 249 g/mol. The third-order valence-electron chi connectivity index (χ3n) is 2.26. The van der Waals surface area contributed by atoms with Crippen LogP contribution in [0.5, 0.6) is 0 Å². The van der Waals surface area contributed by atoms with E-state index in [0.717, 1.165) is 10.1 Å². The highest BCUT2D eigenvalue weighted by molar-refractivity contribution is 7.21. The summed E-state index contributed by atoms with van der Waals surface area (Å²) in [5.41, 5.74) is 11.3. The summed E-state index contributed by atoms with van der Waals surface area (Å²) in [5, 5.41) is 3.27. The Morgan fingerprint density at radius 1 is 1.29 bits per heavy atom. The summed E-state index contributed by atoms with van der Waals surface area (Å²) in [5.74, 6) is -0.958. The number of amides is 2. The Bertz CT molecular complexity index is 591. The van der Waals surface area contributed by atoms with Crippen molar-refractivity contribution in [2.24, 2.45) is 5.73 Å². The summed E-state index contributed by atoms with van der Waals surface area (Å²) in [4.78, 5) is 22.7. The van der Waals surface area contributed by atoms with E-state index in [1.807, 2.05) is 24.3 Å². The molecule has 0 aliphatic carbocycles. The van der Waals surface area contributed by atoms with E-state index in [1.54, 1.807) is 0 Å². The summed E-state index contributed by atoms with van der Waals surface area (Å²) in [6.45, 7) is -0.188. The molecule has 0 aliphatic heterocycles. The van der Waals surface area contributed by atoms with E-state index in [2.05, 4.69) is 5.32 Å². The number of thiophene rings is 1. The quantitative estimate of drug-likeness (QED) is 0.746. The zero-order valence-corrected chi connectivity index (χ0v) is 9.71. The number of benzene rings is 1. The predicted molar refractivity (Wildman–Crippen MR) is 67.8 cm³/mol. The van der Waals surface area contributed by atoms with Gasteiger partial charge in [0.25, 0.3) is 5.91 Å². The molecule has 6 heteroatoms. The topological polar surface area (TPSA) is 98.2 Å². The maximum Gasteiger partial charge on any atom is 0.263 e. The molecule has 0 atom stereocenters. The number of primary amides is 1. The van der Waals surface area contributed by atoms with Gasteiger partial charge in [-0.2, -0.15) is 0 Å². The van der Waals surface area contributed by atoms with Crippen molar-refractivity contribution in [1.29, 1.82) is 0 Å². The fourth-order valence-corrected chi connectivity index (χ4v) is 2.52. The molecule has 0 unspecified atom stereocenters. The second-order valence-electron chi connectivity index (χ2n) is 3.49. The third kappa shape index (κ3) is 2.21. The van der Waals surface area contributed by atoms with Crippen LogP contribution in [0.3, 0.4) is 0 Å². The molecule has 5 N–H and O–H groups in total. The van der Waals surface area contributed by atoms with Crippen molar-refractivity contribution in [2.75, 3.05) is 12.3 Å². The van der Waals surface area contributed by atoms with Gasteiger partial charge in [-0.15, -0.1) is 11.3 Å². The highest BCUT2D eigenvalue weighted by Crippen LogP contribution is 2.33. The fraction of sp³-hybridized carbons (Fsp3) is 0.0909. The number of rotatable bonds is 3. The molecule has 1 aromatic carbocycles. The van der Waals surface area contributed by atoms with Crippen LogP contribution in [-0.4, -0.2) is 18.4 Å². The molecule has 2 rings (SSSR count). The minimum absolute atomic E-state index is 0.188. The Hall–Kier alpha value is -2.08. The van der Waals surface area contributed by atoms with Gasteiger partial charge >= 0.3 is 0 Å². The lowest BCUT2D eigenvalue weighted by atomic mass is 10.2. The van der Waals surface area contributed by atoms with Crippen LogP contribution in [0.15, 0.2) is 24.3 Å². The highest BCUT2D eigenvalue weighted by atomic mass is 32.1.